The zero-order valence-electron chi connectivity index (χ0n) is 14.5. The maximum Gasteiger partial charge on any atom is 0.269 e. The van der Waals surface area contributed by atoms with E-state index in [0.29, 0.717) is 10.9 Å². The van der Waals surface area contributed by atoms with E-state index in [-0.39, 0.29) is 10.9 Å². The average Bonchev–Trinajstić information content (AvgIpc) is 3.09. The van der Waals surface area contributed by atoms with Gasteiger partial charge in [-0.3, -0.25) is 10.1 Å². The number of aromatic nitrogens is 4. The van der Waals surface area contributed by atoms with Crippen LogP contribution in [0.5, 0.6) is 5.75 Å². The van der Waals surface area contributed by atoms with E-state index in [9.17, 15) is 10.1 Å². The van der Waals surface area contributed by atoms with Crippen LogP contribution in [0.25, 0.3) is 5.69 Å². The lowest BCUT2D eigenvalue weighted by Crippen LogP contribution is -2.03. The molecular weight excluding hydrogens is 354 g/mol. The minimum Gasteiger partial charge on any atom is -0.494 e. The molecule has 1 aromatic heterocycles. The Balaban J connectivity index is 1.91. The second kappa shape index (κ2) is 7.52. The number of non-ortho nitro benzene ring substituents is 1. The highest BCUT2D eigenvalue weighted by Gasteiger charge is 2.18. The first-order chi connectivity index (χ1) is 12.5. The summed E-state index contributed by atoms with van der Waals surface area (Å²) in [5.41, 5.74) is 2.69. The lowest BCUT2D eigenvalue weighted by Gasteiger charge is -2.13. The summed E-state index contributed by atoms with van der Waals surface area (Å²) in [7, 11) is 1.59. The highest BCUT2D eigenvalue weighted by atomic mass is 32.2. The molecule has 0 amide bonds. The molecule has 3 rings (SSSR count). The SMILES string of the molecule is COc1ccc(C)cc1-n1nnnc1SC(C)c1cccc([N+](=O)[O-])c1. The summed E-state index contributed by atoms with van der Waals surface area (Å²) in [6, 6.07) is 12.3. The van der Waals surface area contributed by atoms with Crippen molar-refractivity contribution < 1.29 is 9.66 Å². The fraction of sp³-hybridized carbons (Fsp3) is 0.235. The second-order valence-corrected chi connectivity index (χ2v) is 6.97. The fourth-order valence-electron chi connectivity index (χ4n) is 2.49. The molecule has 1 atom stereocenters. The number of ether oxygens (including phenoxy) is 1. The molecule has 0 saturated heterocycles. The molecule has 0 radical (unpaired) electrons. The third-order valence-corrected chi connectivity index (χ3v) is 4.93. The molecule has 8 nitrogen and oxygen atoms in total. The van der Waals surface area contributed by atoms with Gasteiger partial charge in [0.05, 0.1) is 12.0 Å². The van der Waals surface area contributed by atoms with Gasteiger partial charge in [0.1, 0.15) is 11.4 Å². The largest absolute Gasteiger partial charge is 0.494 e. The first kappa shape index (κ1) is 17.9. The van der Waals surface area contributed by atoms with Crippen molar-refractivity contribution in [1.82, 2.24) is 20.2 Å². The smallest absolute Gasteiger partial charge is 0.269 e. The topological polar surface area (TPSA) is 96.0 Å². The van der Waals surface area contributed by atoms with Crippen LogP contribution >= 0.6 is 11.8 Å². The number of rotatable bonds is 6. The van der Waals surface area contributed by atoms with Crippen LogP contribution in [0, 0.1) is 17.0 Å². The van der Waals surface area contributed by atoms with Crippen molar-refractivity contribution in [2.24, 2.45) is 0 Å². The number of aryl methyl sites for hydroxylation is 1. The lowest BCUT2D eigenvalue weighted by atomic mass is 10.1. The molecule has 0 spiro atoms. The van der Waals surface area contributed by atoms with Crippen molar-refractivity contribution in [3.05, 3.63) is 63.7 Å². The van der Waals surface area contributed by atoms with E-state index in [4.69, 9.17) is 4.74 Å². The summed E-state index contributed by atoms with van der Waals surface area (Å²) in [6.45, 7) is 3.93. The van der Waals surface area contributed by atoms with Crippen molar-refractivity contribution >= 4 is 17.4 Å². The third-order valence-electron chi connectivity index (χ3n) is 3.84. The van der Waals surface area contributed by atoms with Crippen molar-refractivity contribution in [3.63, 3.8) is 0 Å². The number of tetrazole rings is 1. The number of hydrogen-bond donors (Lipinski definition) is 0. The molecule has 1 heterocycles. The first-order valence-electron chi connectivity index (χ1n) is 7.84. The Hall–Kier alpha value is -2.94. The van der Waals surface area contributed by atoms with Gasteiger partial charge in [-0.2, -0.15) is 4.68 Å². The summed E-state index contributed by atoms with van der Waals surface area (Å²) in [5, 5.41) is 23.4. The Morgan fingerprint density at radius 1 is 1.27 bits per heavy atom. The predicted molar refractivity (Wildman–Crippen MR) is 97.8 cm³/mol. The van der Waals surface area contributed by atoms with Crippen molar-refractivity contribution in [2.45, 2.75) is 24.3 Å². The molecule has 0 fully saturated rings. The van der Waals surface area contributed by atoms with E-state index >= 15 is 0 Å². The zero-order chi connectivity index (χ0) is 18.7. The van der Waals surface area contributed by atoms with Crippen molar-refractivity contribution in [2.75, 3.05) is 7.11 Å². The van der Waals surface area contributed by atoms with Gasteiger partial charge in [0, 0.05) is 17.4 Å². The summed E-state index contributed by atoms with van der Waals surface area (Å²) in [4.78, 5) is 10.6. The van der Waals surface area contributed by atoms with Gasteiger partial charge in [0.2, 0.25) is 5.16 Å². The number of hydrogen-bond acceptors (Lipinski definition) is 7. The molecule has 0 saturated carbocycles. The number of methoxy groups -OCH3 is 1. The summed E-state index contributed by atoms with van der Waals surface area (Å²) < 4.78 is 7.03. The van der Waals surface area contributed by atoms with Crippen LogP contribution in [0.1, 0.15) is 23.3 Å². The molecule has 0 aliphatic heterocycles. The van der Waals surface area contributed by atoms with Gasteiger partial charge in [-0.05, 0) is 47.5 Å². The van der Waals surface area contributed by atoms with Crippen LogP contribution in [0.3, 0.4) is 0 Å². The average molecular weight is 371 g/mol. The monoisotopic (exact) mass is 371 g/mol. The second-order valence-electron chi connectivity index (χ2n) is 5.66. The Morgan fingerprint density at radius 3 is 2.81 bits per heavy atom. The normalized spacial score (nSPS) is 12.0. The molecule has 0 N–H and O–H groups in total. The van der Waals surface area contributed by atoms with E-state index < -0.39 is 4.92 Å². The lowest BCUT2D eigenvalue weighted by molar-refractivity contribution is -0.384. The fourth-order valence-corrected chi connectivity index (χ4v) is 3.40. The number of thioether (sulfide) groups is 1. The van der Waals surface area contributed by atoms with Crippen LogP contribution in [0.4, 0.5) is 5.69 Å². The van der Waals surface area contributed by atoms with Crippen molar-refractivity contribution in [1.29, 1.82) is 0 Å². The Morgan fingerprint density at radius 2 is 2.08 bits per heavy atom. The van der Waals surface area contributed by atoms with Gasteiger partial charge in [0.15, 0.2) is 0 Å². The molecule has 134 valence electrons. The highest BCUT2D eigenvalue weighted by Crippen LogP contribution is 2.36. The third kappa shape index (κ3) is 3.67. The highest BCUT2D eigenvalue weighted by molar-refractivity contribution is 7.99. The quantitative estimate of drug-likeness (QED) is 0.370. The molecule has 3 aromatic rings. The molecule has 0 bridgehead atoms. The zero-order valence-corrected chi connectivity index (χ0v) is 15.3. The minimum atomic E-state index is -0.400. The number of benzene rings is 2. The molecule has 0 aliphatic carbocycles. The van der Waals surface area contributed by atoms with Gasteiger partial charge < -0.3 is 4.74 Å². The maximum atomic E-state index is 11.0. The van der Waals surface area contributed by atoms with Gasteiger partial charge in [-0.1, -0.05) is 30.0 Å². The molecule has 26 heavy (non-hydrogen) atoms. The van der Waals surface area contributed by atoms with Gasteiger partial charge in [0.25, 0.3) is 5.69 Å². The number of nitro groups is 1. The van der Waals surface area contributed by atoms with Crippen LogP contribution in [0.2, 0.25) is 0 Å². The molecular formula is C17H17N5O3S. The van der Waals surface area contributed by atoms with Crippen LogP contribution in [-0.2, 0) is 0 Å². The van der Waals surface area contributed by atoms with E-state index in [1.54, 1.807) is 23.9 Å². The van der Waals surface area contributed by atoms with Crippen molar-refractivity contribution in [3.8, 4) is 11.4 Å². The van der Waals surface area contributed by atoms with E-state index in [0.717, 1.165) is 16.8 Å². The summed E-state index contributed by atoms with van der Waals surface area (Å²) >= 11 is 1.42. The first-order valence-corrected chi connectivity index (χ1v) is 8.72. The van der Waals surface area contributed by atoms with E-state index in [1.807, 2.05) is 38.1 Å². The standard InChI is InChI=1S/C17H17N5O3S/c1-11-7-8-16(25-3)15(9-11)21-17(18-19-20-21)26-12(2)13-5-4-6-14(10-13)22(23)24/h4-10,12H,1-3H3. The van der Waals surface area contributed by atoms with Crippen LogP contribution < -0.4 is 4.74 Å². The maximum absolute atomic E-state index is 11.0. The number of nitrogens with zero attached hydrogens (tertiary/aromatic N) is 5. The summed E-state index contributed by atoms with van der Waals surface area (Å²) in [5.74, 6) is 0.660. The van der Waals surface area contributed by atoms with Gasteiger partial charge in [-0.25, -0.2) is 0 Å². The predicted octanol–water partition coefficient (Wildman–Crippen LogP) is 3.74. The number of nitro benzene ring substituents is 1. The van der Waals surface area contributed by atoms with Gasteiger partial charge in [-0.15, -0.1) is 5.10 Å². The van der Waals surface area contributed by atoms with E-state index in [2.05, 4.69) is 15.5 Å². The Kier molecular flexibility index (Phi) is 5.17. The summed E-state index contributed by atoms with van der Waals surface area (Å²) in [6.07, 6.45) is 0. The molecule has 2 aromatic carbocycles. The van der Waals surface area contributed by atoms with Crippen LogP contribution in [-0.4, -0.2) is 32.2 Å². The van der Waals surface area contributed by atoms with E-state index in [1.165, 1.54) is 17.8 Å². The molecule has 1 unspecified atom stereocenters. The minimum absolute atomic E-state index is 0.0647. The Labute approximate surface area is 154 Å². The van der Waals surface area contributed by atoms with Crippen LogP contribution in [0.15, 0.2) is 47.6 Å². The Bertz CT molecular complexity index is 944. The molecule has 0 aliphatic rings. The van der Waals surface area contributed by atoms with Gasteiger partial charge >= 0.3 is 0 Å². The molecule has 9 heteroatoms.